The molecule has 2 aliphatic heterocycles. The number of amides is 2. The van der Waals surface area contributed by atoms with Gasteiger partial charge < -0.3 is 20.3 Å². The van der Waals surface area contributed by atoms with Crippen molar-refractivity contribution in [2.24, 2.45) is 0 Å². The molecule has 1 aromatic rings. The van der Waals surface area contributed by atoms with Gasteiger partial charge in [0.2, 0.25) is 5.91 Å². The van der Waals surface area contributed by atoms with E-state index >= 15 is 0 Å². The van der Waals surface area contributed by atoms with Gasteiger partial charge in [-0.2, -0.15) is 0 Å². The molecule has 23 heavy (non-hydrogen) atoms. The molecule has 1 atom stereocenters. The van der Waals surface area contributed by atoms with E-state index in [0.717, 1.165) is 37.2 Å². The maximum absolute atomic E-state index is 12.0. The van der Waals surface area contributed by atoms with E-state index in [1.165, 1.54) is 0 Å². The molecule has 1 unspecified atom stereocenters. The molecule has 0 saturated carbocycles. The number of ether oxygens (including phenoxy) is 1. The summed E-state index contributed by atoms with van der Waals surface area (Å²) in [6.07, 6.45) is 2.26. The van der Waals surface area contributed by atoms with E-state index < -0.39 is 6.10 Å². The van der Waals surface area contributed by atoms with Crippen LogP contribution in [0.4, 0.5) is 5.69 Å². The lowest BCUT2D eigenvalue weighted by molar-refractivity contribution is -0.134. The molecule has 2 amide bonds. The molecule has 2 aliphatic rings. The van der Waals surface area contributed by atoms with Gasteiger partial charge in [-0.05, 0) is 30.5 Å². The van der Waals surface area contributed by atoms with Crippen molar-refractivity contribution in [1.29, 1.82) is 0 Å². The minimum atomic E-state index is -0.408. The van der Waals surface area contributed by atoms with Crippen LogP contribution in [0.2, 0.25) is 0 Å². The second kappa shape index (κ2) is 7.57. The van der Waals surface area contributed by atoms with Gasteiger partial charge in [0.1, 0.15) is 6.10 Å². The first kappa shape index (κ1) is 16.0. The Morgan fingerprint density at radius 2 is 2.13 bits per heavy atom. The molecule has 1 aromatic carbocycles. The third-order valence-corrected chi connectivity index (χ3v) is 4.26. The number of hydrogen-bond donors (Lipinski definition) is 2. The summed E-state index contributed by atoms with van der Waals surface area (Å²) in [6.45, 7) is 3.17. The Morgan fingerprint density at radius 1 is 1.30 bits per heavy atom. The van der Waals surface area contributed by atoms with Crippen molar-refractivity contribution in [2.45, 2.75) is 31.9 Å². The second-order valence-electron chi connectivity index (χ2n) is 5.95. The highest BCUT2D eigenvalue weighted by Crippen LogP contribution is 2.21. The quantitative estimate of drug-likeness (QED) is 0.862. The number of nitrogens with zero attached hydrogens (tertiary/aromatic N) is 1. The van der Waals surface area contributed by atoms with Crippen LogP contribution >= 0.6 is 0 Å². The number of piperidine rings is 1. The summed E-state index contributed by atoms with van der Waals surface area (Å²) in [4.78, 5) is 25.8. The number of carbonyl (C=O) groups excluding carboxylic acids is 2. The van der Waals surface area contributed by atoms with Gasteiger partial charge in [0.25, 0.3) is 5.91 Å². The smallest absolute Gasteiger partial charge is 0.250 e. The Balaban J connectivity index is 1.53. The van der Waals surface area contributed by atoms with Gasteiger partial charge >= 0.3 is 0 Å². The van der Waals surface area contributed by atoms with Crippen LogP contribution in [0.3, 0.4) is 0 Å². The summed E-state index contributed by atoms with van der Waals surface area (Å²) in [6, 6.07) is 7.81. The zero-order valence-electron chi connectivity index (χ0n) is 13.2. The van der Waals surface area contributed by atoms with Crippen LogP contribution in [-0.4, -0.2) is 44.2 Å². The van der Waals surface area contributed by atoms with Crippen LogP contribution in [0.15, 0.2) is 24.3 Å². The van der Waals surface area contributed by atoms with Crippen LogP contribution in [0.5, 0.6) is 0 Å². The summed E-state index contributed by atoms with van der Waals surface area (Å²) in [5, 5.41) is 6.03. The first-order chi connectivity index (χ1) is 11.2. The summed E-state index contributed by atoms with van der Waals surface area (Å²) < 4.78 is 5.42. The molecular weight excluding hydrogens is 294 g/mol. The summed E-state index contributed by atoms with van der Waals surface area (Å²) in [5.74, 6) is 0.103. The molecule has 0 aliphatic carbocycles. The lowest BCUT2D eigenvalue weighted by Gasteiger charge is -2.27. The van der Waals surface area contributed by atoms with Crippen LogP contribution in [-0.2, 0) is 20.9 Å². The molecule has 0 radical (unpaired) electrons. The maximum Gasteiger partial charge on any atom is 0.250 e. The van der Waals surface area contributed by atoms with Crippen molar-refractivity contribution in [3.05, 3.63) is 29.8 Å². The van der Waals surface area contributed by atoms with E-state index in [1.54, 1.807) is 0 Å². The SMILES string of the molecule is O=C(NCc1ccc(N2CCCCC2=O)cc1)C1CNCCO1. The van der Waals surface area contributed by atoms with Crippen LogP contribution in [0, 0.1) is 0 Å². The largest absolute Gasteiger partial charge is 0.366 e. The molecule has 124 valence electrons. The van der Waals surface area contributed by atoms with Gasteiger partial charge in [-0.25, -0.2) is 0 Å². The number of morpholine rings is 1. The molecule has 0 bridgehead atoms. The average Bonchev–Trinajstić information content (AvgIpc) is 2.61. The van der Waals surface area contributed by atoms with E-state index in [0.29, 0.717) is 26.1 Å². The van der Waals surface area contributed by atoms with Gasteiger partial charge in [-0.1, -0.05) is 12.1 Å². The lowest BCUT2D eigenvalue weighted by Crippen LogP contribution is -2.47. The molecule has 2 saturated heterocycles. The zero-order valence-corrected chi connectivity index (χ0v) is 13.2. The first-order valence-electron chi connectivity index (χ1n) is 8.23. The van der Waals surface area contributed by atoms with E-state index in [4.69, 9.17) is 4.74 Å². The Kier molecular flexibility index (Phi) is 5.25. The van der Waals surface area contributed by atoms with Crippen molar-refractivity contribution >= 4 is 17.5 Å². The fourth-order valence-electron chi connectivity index (χ4n) is 2.91. The fraction of sp³-hybridized carbons (Fsp3) is 0.529. The van der Waals surface area contributed by atoms with Crippen molar-refractivity contribution in [1.82, 2.24) is 10.6 Å². The van der Waals surface area contributed by atoms with E-state index in [-0.39, 0.29) is 11.8 Å². The minimum Gasteiger partial charge on any atom is -0.366 e. The third kappa shape index (κ3) is 4.09. The van der Waals surface area contributed by atoms with Crippen LogP contribution in [0.1, 0.15) is 24.8 Å². The Labute approximate surface area is 136 Å². The predicted octanol–water partition coefficient (Wildman–Crippen LogP) is 0.808. The highest BCUT2D eigenvalue weighted by molar-refractivity contribution is 5.93. The van der Waals surface area contributed by atoms with Crippen molar-refractivity contribution in [3.8, 4) is 0 Å². The Hall–Kier alpha value is -1.92. The summed E-state index contributed by atoms with van der Waals surface area (Å²) in [7, 11) is 0. The molecule has 0 aromatic heterocycles. The van der Waals surface area contributed by atoms with E-state index in [9.17, 15) is 9.59 Å². The minimum absolute atomic E-state index is 0.0903. The number of benzene rings is 1. The van der Waals surface area contributed by atoms with E-state index in [1.807, 2.05) is 29.2 Å². The highest BCUT2D eigenvalue weighted by atomic mass is 16.5. The molecule has 2 fully saturated rings. The van der Waals surface area contributed by atoms with Crippen molar-refractivity contribution < 1.29 is 14.3 Å². The second-order valence-corrected chi connectivity index (χ2v) is 5.95. The Bertz CT molecular complexity index is 553. The van der Waals surface area contributed by atoms with Gasteiger partial charge in [0, 0.05) is 38.3 Å². The monoisotopic (exact) mass is 317 g/mol. The molecule has 2 N–H and O–H groups in total. The van der Waals surface area contributed by atoms with Gasteiger partial charge in [-0.3, -0.25) is 9.59 Å². The number of carbonyl (C=O) groups is 2. The highest BCUT2D eigenvalue weighted by Gasteiger charge is 2.21. The molecule has 6 heteroatoms. The standard InChI is InChI=1S/C17H23N3O3/c21-16-3-1-2-9-20(16)14-6-4-13(5-7-14)11-19-17(22)15-12-18-8-10-23-15/h4-7,15,18H,1-3,8-12H2,(H,19,22). The predicted molar refractivity (Wildman–Crippen MR) is 87.1 cm³/mol. The third-order valence-electron chi connectivity index (χ3n) is 4.26. The number of nitrogens with one attached hydrogen (secondary N) is 2. The van der Waals surface area contributed by atoms with Gasteiger partial charge in [0.15, 0.2) is 0 Å². The average molecular weight is 317 g/mol. The number of anilines is 1. The van der Waals surface area contributed by atoms with Crippen molar-refractivity contribution in [3.63, 3.8) is 0 Å². The first-order valence-corrected chi connectivity index (χ1v) is 8.23. The number of rotatable bonds is 4. The molecule has 0 spiro atoms. The van der Waals surface area contributed by atoms with Gasteiger partial charge in [0.05, 0.1) is 6.61 Å². The normalized spacial score (nSPS) is 22.0. The number of hydrogen-bond acceptors (Lipinski definition) is 4. The summed E-state index contributed by atoms with van der Waals surface area (Å²) in [5.41, 5.74) is 1.94. The Morgan fingerprint density at radius 3 is 2.83 bits per heavy atom. The topological polar surface area (TPSA) is 70.7 Å². The van der Waals surface area contributed by atoms with Crippen LogP contribution < -0.4 is 15.5 Å². The zero-order chi connectivity index (χ0) is 16.1. The van der Waals surface area contributed by atoms with Crippen LogP contribution in [0.25, 0.3) is 0 Å². The summed E-state index contributed by atoms with van der Waals surface area (Å²) >= 11 is 0. The maximum atomic E-state index is 12.0. The van der Waals surface area contributed by atoms with Crippen molar-refractivity contribution in [2.75, 3.05) is 31.1 Å². The molecule has 3 rings (SSSR count). The van der Waals surface area contributed by atoms with Gasteiger partial charge in [-0.15, -0.1) is 0 Å². The molecule has 6 nitrogen and oxygen atoms in total. The fourth-order valence-corrected chi connectivity index (χ4v) is 2.91. The lowest BCUT2D eigenvalue weighted by atomic mass is 10.1. The molecule has 2 heterocycles. The molecular formula is C17H23N3O3. The van der Waals surface area contributed by atoms with E-state index in [2.05, 4.69) is 10.6 Å².